The Morgan fingerprint density at radius 1 is 1.18 bits per heavy atom. The minimum Gasteiger partial charge on any atom is -0.493 e. The molecule has 0 amide bonds. The minimum absolute atomic E-state index is 0.295. The first-order valence-corrected chi connectivity index (χ1v) is 11.4. The van der Waals surface area contributed by atoms with E-state index in [0.29, 0.717) is 24.0 Å². The van der Waals surface area contributed by atoms with Crippen molar-refractivity contribution in [3.8, 4) is 5.75 Å². The van der Waals surface area contributed by atoms with Crippen molar-refractivity contribution in [2.75, 3.05) is 31.1 Å². The third kappa shape index (κ3) is 5.23. The van der Waals surface area contributed by atoms with Crippen molar-refractivity contribution in [1.82, 2.24) is 9.71 Å². The number of hydrogen-bond acceptors (Lipinski definition) is 5. The number of aryl methyl sites for hydroxylation is 1. The van der Waals surface area contributed by atoms with E-state index < -0.39 is 10.0 Å². The number of pyridine rings is 1. The van der Waals surface area contributed by atoms with Crippen LogP contribution in [0.3, 0.4) is 0 Å². The molecule has 0 aliphatic carbocycles. The largest absolute Gasteiger partial charge is 0.493 e. The summed E-state index contributed by atoms with van der Waals surface area (Å²) in [6.45, 7) is 6.87. The topological polar surface area (TPSA) is 71.5 Å². The summed E-state index contributed by atoms with van der Waals surface area (Å²) in [7, 11) is -3.51. The molecule has 1 fully saturated rings. The Hall–Kier alpha value is -2.12. The van der Waals surface area contributed by atoms with Gasteiger partial charge in [0.15, 0.2) is 0 Å². The highest BCUT2D eigenvalue weighted by molar-refractivity contribution is 7.89. The van der Waals surface area contributed by atoms with Gasteiger partial charge in [-0.1, -0.05) is 6.92 Å². The number of piperidine rings is 1. The van der Waals surface area contributed by atoms with Crippen LogP contribution in [-0.4, -0.2) is 39.6 Å². The summed E-state index contributed by atoms with van der Waals surface area (Å²) in [5, 5.41) is 0. The van der Waals surface area contributed by atoms with Crippen molar-refractivity contribution in [2.24, 2.45) is 5.92 Å². The summed E-state index contributed by atoms with van der Waals surface area (Å²) in [5.74, 6) is 1.09. The fourth-order valence-electron chi connectivity index (χ4n) is 3.42. The zero-order valence-corrected chi connectivity index (χ0v) is 17.4. The molecule has 0 spiro atoms. The van der Waals surface area contributed by atoms with Crippen LogP contribution in [-0.2, 0) is 10.0 Å². The number of sulfonamides is 1. The van der Waals surface area contributed by atoms with Crippen LogP contribution in [0.25, 0.3) is 0 Å². The molecule has 0 atom stereocenters. The monoisotopic (exact) mass is 403 g/mol. The molecule has 1 aromatic heterocycles. The lowest BCUT2D eigenvalue weighted by atomic mass is 9.97. The molecule has 0 bridgehead atoms. The van der Waals surface area contributed by atoms with Gasteiger partial charge in [0, 0.05) is 37.7 Å². The van der Waals surface area contributed by atoms with Gasteiger partial charge < -0.3 is 9.64 Å². The van der Waals surface area contributed by atoms with Gasteiger partial charge in [-0.05, 0) is 68.0 Å². The normalized spacial score (nSPS) is 15.6. The molecule has 2 aromatic rings. The molecular weight excluding hydrogens is 374 g/mol. The summed E-state index contributed by atoms with van der Waals surface area (Å²) in [5.41, 5.74) is 2.01. The highest BCUT2D eigenvalue weighted by Crippen LogP contribution is 2.24. The van der Waals surface area contributed by atoms with Crippen molar-refractivity contribution < 1.29 is 13.2 Å². The van der Waals surface area contributed by atoms with E-state index in [0.717, 1.165) is 43.7 Å². The average Bonchev–Trinajstić information content (AvgIpc) is 2.72. The molecule has 3 rings (SSSR count). The van der Waals surface area contributed by atoms with Crippen LogP contribution in [0, 0.1) is 12.8 Å². The van der Waals surface area contributed by atoms with Crippen LogP contribution in [0.15, 0.2) is 47.6 Å². The van der Waals surface area contributed by atoms with Crippen molar-refractivity contribution >= 4 is 15.7 Å². The maximum Gasteiger partial charge on any atom is 0.240 e. The summed E-state index contributed by atoms with van der Waals surface area (Å²) in [6, 6.07) is 9.07. The number of benzene rings is 1. The Bertz CT molecular complexity index is 864. The zero-order chi connectivity index (χ0) is 20.0. The van der Waals surface area contributed by atoms with E-state index in [1.165, 1.54) is 5.69 Å². The Balaban J connectivity index is 1.53. The summed E-state index contributed by atoms with van der Waals surface area (Å²) in [6.07, 6.45) is 6.45. The van der Waals surface area contributed by atoms with Gasteiger partial charge in [-0.25, -0.2) is 13.1 Å². The van der Waals surface area contributed by atoms with E-state index in [4.69, 9.17) is 4.74 Å². The molecule has 2 heterocycles. The first-order chi connectivity index (χ1) is 13.5. The van der Waals surface area contributed by atoms with Gasteiger partial charge in [-0.3, -0.25) is 4.98 Å². The number of hydrogen-bond donors (Lipinski definition) is 1. The van der Waals surface area contributed by atoms with Gasteiger partial charge in [0.2, 0.25) is 10.0 Å². The van der Waals surface area contributed by atoms with Crippen LogP contribution in [0.5, 0.6) is 5.75 Å². The van der Waals surface area contributed by atoms with E-state index >= 15 is 0 Å². The lowest BCUT2D eigenvalue weighted by molar-refractivity contribution is 0.315. The van der Waals surface area contributed by atoms with E-state index in [2.05, 4.69) is 14.6 Å². The number of anilines is 1. The third-order valence-electron chi connectivity index (χ3n) is 5.12. The van der Waals surface area contributed by atoms with Gasteiger partial charge in [0.1, 0.15) is 5.75 Å². The van der Waals surface area contributed by atoms with Crippen molar-refractivity contribution in [2.45, 2.75) is 38.0 Å². The molecule has 28 heavy (non-hydrogen) atoms. The average molecular weight is 404 g/mol. The standard InChI is InChI=1S/C21H29N3O3S/c1-3-14-27-21-5-4-20(15-17(21)2)28(25,26)23-16-18-8-12-24(13-9-18)19-6-10-22-11-7-19/h4-7,10-11,15,18,23H,3,8-9,12-14,16H2,1-2H3. The first kappa shape index (κ1) is 20.6. The van der Waals surface area contributed by atoms with Crippen molar-refractivity contribution in [3.05, 3.63) is 48.3 Å². The quantitative estimate of drug-likeness (QED) is 0.732. The fraction of sp³-hybridized carbons (Fsp3) is 0.476. The zero-order valence-electron chi connectivity index (χ0n) is 16.6. The van der Waals surface area contributed by atoms with Gasteiger partial charge in [-0.2, -0.15) is 0 Å². The number of nitrogens with one attached hydrogen (secondary N) is 1. The molecule has 1 aliphatic heterocycles. The predicted octanol–water partition coefficient (Wildman–Crippen LogP) is 3.37. The summed E-state index contributed by atoms with van der Waals surface area (Å²) >= 11 is 0. The summed E-state index contributed by atoms with van der Waals surface area (Å²) < 4.78 is 33.8. The molecular formula is C21H29N3O3S. The number of rotatable bonds is 8. The fourth-order valence-corrected chi connectivity index (χ4v) is 4.62. The molecule has 1 N–H and O–H groups in total. The van der Waals surface area contributed by atoms with E-state index in [1.807, 2.05) is 26.0 Å². The molecule has 0 radical (unpaired) electrons. The highest BCUT2D eigenvalue weighted by Gasteiger charge is 2.22. The lowest BCUT2D eigenvalue weighted by Crippen LogP contribution is -2.38. The molecule has 6 nitrogen and oxygen atoms in total. The first-order valence-electron chi connectivity index (χ1n) is 9.87. The Morgan fingerprint density at radius 3 is 2.54 bits per heavy atom. The molecule has 1 aromatic carbocycles. The molecule has 1 aliphatic rings. The van der Waals surface area contributed by atoms with Crippen LogP contribution >= 0.6 is 0 Å². The molecule has 0 unspecified atom stereocenters. The Kier molecular flexibility index (Phi) is 6.91. The summed E-state index contributed by atoms with van der Waals surface area (Å²) in [4.78, 5) is 6.67. The maximum absolute atomic E-state index is 12.7. The molecule has 7 heteroatoms. The van der Waals surface area contributed by atoms with Gasteiger partial charge >= 0.3 is 0 Å². The Morgan fingerprint density at radius 2 is 1.89 bits per heavy atom. The van der Waals surface area contributed by atoms with Crippen molar-refractivity contribution in [1.29, 1.82) is 0 Å². The second-order valence-electron chi connectivity index (χ2n) is 7.26. The van der Waals surface area contributed by atoms with Gasteiger partial charge in [0.05, 0.1) is 11.5 Å². The second kappa shape index (κ2) is 9.39. The smallest absolute Gasteiger partial charge is 0.240 e. The minimum atomic E-state index is -3.51. The SMILES string of the molecule is CCCOc1ccc(S(=O)(=O)NCC2CCN(c3ccncc3)CC2)cc1C. The van der Waals surface area contributed by atoms with Crippen LogP contribution in [0.4, 0.5) is 5.69 Å². The highest BCUT2D eigenvalue weighted by atomic mass is 32.2. The van der Waals surface area contributed by atoms with Crippen LogP contribution < -0.4 is 14.4 Å². The van der Waals surface area contributed by atoms with E-state index in [-0.39, 0.29) is 0 Å². The maximum atomic E-state index is 12.7. The van der Waals surface area contributed by atoms with Crippen molar-refractivity contribution in [3.63, 3.8) is 0 Å². The number of aromatic nitrogens is 1. The lowest BCUT2D eigenvalue weighted by Gasteiger charge is -2.33. The predicted molar refractivity (Wildman–Crippen MR) is 111 cm³/mol. The molecule has 0 saturated carbocycles. The third-order valence-corrected chi connectivity index (χ3v) is 6.54. The van der Waals surface area contributed by atoms with Gasteiger partial charge in [0.25, 0.3) is 0 Å². The Labute approximate surface area is 168 Å². The van der Waals surface area contributed by atoms with E-state index in [9.17, 15) is 8.42 Å². The number of nitrogens with zero attached hydrogens (tertiary/aromatic N) is 2. The second-order valence-corrected chi connectivity index (χ2v) is 9.03. The van der Waals surface area contributed by atoms with Crippen LogP contribution in [0.2, 0.25) is 0 Å². The molecule has 152 valence electrons. The molecule has 1 saturated heterocycles. The van der Waals surface area contributed by atoms with Gasteiger partial charge in [-0.15, -0.1) is 0 Å². The van der Waals surface area contributed by atoms with Crippen LogP contribution in [0.1, 0.15) is 31.7 Å². The number of ether oxygens (including phenoxy) is 1. The van der Waals surface area contributed by atoms with E-state index in [1.54, 1.807) is 30.6 Å².